The number of hydrogen-bond acceptors (Lipinski definition) is 4. The summed E-state index contributed by atoms with van der Waals surface area (Å²) in [4.78, 5) is 0. The van der Waals surface area contributed by atoms with E-state index in [1.165, 1.54) is 0 Å². The molecule has 0 amide bonds. The van der Waals surface area contributed by atoms with Crippen molar-refractivity contribution in [3.8, 4) is 0 Å². The average molecular weight is 202 g/mol. The zero-order valence-electron chi connectivity index (χ0n) is 9.54. The minimum Gasteiger partial charge on any atom is -0.379 e. The fourth-order valence-electron chi connectivity index (χ4n) is 2.27. The van der Waals surface area contributed by atoms with Crippen LogP contribution in [0.25, 0.3) is 0 Å². The molecule has 0 spiro atoms. The summed E-state index contributed by atoms with van der Waals surface area (Å²) in [6, 6.07) is 0.938. The van der Waals surface area contributed by atoms with E-state index in [-0.39, 0.29) is 12.2 Å². The zero-order valence-corrected chi connectivity index (χ0v) is 9.54. The van der Waals surface area contributed by atoms with Gasteiger partial charge in [0.05, 0.1) is 12.2 Å². The van der Waals surface area contributed by atoms with Crippen LogP contribution in [-0.2, 0) is 9.47 Å². The van der Waals surface area contributed by atoms with Crippen LogP contribution < -0.4 is 10.6 Å². The smallest absolute Gasteiger partial charge is 0.0848 e. The molecule has 1 fully saturated rings. The summed E-state index contributed by atoms with van der Waals surface area (Å²) < 4.78 is 10.9. The van der Waals surface area contributed by atoms with Gasteiger partial charge in [-0.2, -0.15) is 0 Å². The maximum absolute atomic E-state index is 5.43. The van der Waals surface area contributed by atoms with Gasteiger partial charge in [-0.15, -0.1) is 0 Å². The van der Waals surface area contributed by atoms with E-state index in [2.05, 4.69) is 10.6 Å². The van der Waals surface area contributed by atoms with Gasteiger partial charge in [-0.3, -0.25) is 0 Å². The summed E-state index contributed by atoms with van der Waals surface area (Å²) >= 11 is 0. The second kappa shape index (κ2) is 5.66. The fraction of sp³-hybridized carbons (Fsp3) is 1.00. The molecular weight excluding hydrogens is 180 g/mol. The quantitative estimate of drug-likeness (QED) is 0.673. The van der Waals surface area contributed by atoms with Crippen LogP contribution in [0.1, 0.15) is 12.8 Å². The third kappa shape index (κ3) is 2.45. The Morgan fingerprint density at radius 3 is 1.43 bits per heavy atom. The molecule has 0 aliphatic heterocycles. The Balaban J connectivity index is 2.59. The Kier molecular flexibility index (Phi) is 4.81. The van der Waals surface area contributed by atoms with Gasteiger partial charge in [0.2, 0.25) is 0 Å². The largest absolute Gasteiger partial charge is 0.379 e. The highest BCUT2D eigenvalue weighted by Gasteiger charge is 2.35. The summed E-state index contributed by atoms with van der Waals surface area (Å²) in [7, 11) is 7.50. The average Bonchev–Trinajstić information content (AvgIpc) is 2.26. The van der Waals surface area contributed by atoms with E-state index in [1.807, 2.05) is 14.1 Å². The molecule has 0 saturated heterocycles. The molecule has 1 aliphatic carbocycles. The van der Waals surface area contributed by atoms with Gasteiger partial charge in [-0.05, 0) is 26.9 Å². The van der Waals surface area contributed by atoms with Crippen LogP contribution in [0.15, 0.2) is 0 Å². The SMILES string of the molecule is CNC1CC(OC)C(OC)CC1NC. The van der Waals surface area contributed by atoms with Crippen LogP contribution >= 0.6 is 0 Å². The van der Waals surface area contributed by atoms with Crippen molar-refractivity contribution in [2.24, 2.45) is 0 Å². The lowest BCUT2D eigenvalue weighted by Crippen LogP contribution is -2.55. The van der Waals surface area contributed by atoms with Gasteiger partial charge in [-0.25, -0.2) is 0 Å². The summed E-state index contributed by atoms with van der Waals surface area (Å²) in [5.41, 5.74) is 0. The molecule has 4 atom stereocenters. The van der Waals surface area contributed by atoms with Crippen molar-refractivity contribution in [1.29, 1.82) is 0 Å². The molecular formula is C10H22N2O2. The van der Waals surface area contributed by atoms with E-state index in [9.17, 15) is 0 Å². The van der Waals surface area contributed by atoms with E-state index >= 15 is 0 Å². The summed E-state index contributed by atoms with van der Waals surface area (Å²) in [5.74, 6) is 0. The first-order valence-corrected chi connectivity index (χ1v) is 5.16. The Morgan fingerprint density at radius 2 is 1.21 bits per heavy atom. The van der Waals surface area contributed by atoms with Crippen molar-refractivity contribution in [1.82, 2.24) is 10.6 Å². The maximum atomic E-state index is 5.43. The molecule has 1 aliphatic rings. The fourth-order valence-corrected chi connectivity index (χ4v) is 2.27. The summed E-state index contributed by atoms with van der Waals surface area (Å²) in [5, 5.41) is 6.63. The number of ether oxygens (including phenoxy) is 2. The normalized spacial score (nSPS) is 38.6. The molecule has 0 aromatic carbocycles. The molecule has 4 heteroatoms. The molecule has 14 heavy (non-hydrogen) atoms. The third-order valence-electron chi connectivity index (χ3n) is 3.22. The standard InChI is InChI=1S/C10H22N2O2/c1-11-7-5-9(13-3)10(14-4)6-8(7)12-2/h7-12H,5-6H2,1-4H3. The van der Waals surface area contributed by atoms with Crippen LogP contribution in [0.4, 0.5) is 0 Å². The van der Waals surface area contributed by atoms with Gasteiger partial charge in [0.25, 0.3) is 0 Å². The molecule has 1 saturated carbocycles. The molecule has 0 heterocycles. The summed E-state index contributed by atoms with van der Waals surface area (Å²) in [6.07, 6.45) is 2.41. The number of rotatable bonds is 4. The Morgan fingerprint density at radius 1 is 0.857 bits per heavy atom. The lowest BCUT2D eigenvalue weighted by molar-refractivity contribution is -0.0713. The molecule has 1 rings (SSSR count). The van der Waals surface area contributed by atoms with E-state index in [0.29, 0.717) is 12.1 Å². The molecule has 4 unspecified atom stereocenters. The lowest BCUT2D eigenvalue weighted by atomic mass is 9.86. The minimum atomic E-state index is 0.210. The van der Waals surface area contributed by atoms with E-state index in [0.717, 1.165) is 12.8 Å². The highest BCUT2D eigenvalue weighted by atomic mass is 16.5. The van der Waals surface area contributed by atoms with Crippen LogP contribution in [-0.4, -0.2) is 52.6 Å². The maximum Gasteiger partial charge on any atom is 0.0848 e. The van der Waals surface area contributed by atoms with Gasteiger partial charge in [-0.1, -0.05) is 0 Å². The first-order valence-electron chi connectivity index (χ1n) is 5.16. The number of nitrogens with one attached hydrogen (secondary N) is 2. The Hall–Kier alpha value is -0.160. The van der Waals surface area contributed by atoms with Gasteiger partial charge in [0.15, 0.2) is 0 Å². The van der Waals surface area contributed by atoms with E-state index < -0.39 is 0 Å². The van der Waals surface area contributed by atoms with Crippen LogP contribution in [0.3, 0.4) is 0 Å². The van der Waals surface area contributed by atoms with Crippen molar-refractivity contribution in [2.75, 3.05) is 28.3 Å². The molecule has 84 valence electrons. The van der Waals surface area contributed by atoms with Crippen LogP contribution in [0.5, 0.6) is 0 Å². The lowest BCUT2D eigenvalue weighted by Gasteiger charge is -2.39. The van der Waals surface area contributed by atoms with E-state index in [4.69, 9.17) is 9.47 Å². The summed E-state index contributed by atoms with van der Waals surface area (Å²) in [6.45, 7) is 0. The monoisotopic (exact) mass is 202 g/mol. The van der Waals surface area contributed by atoms with Gasteiger partial charge < -0.3 is 20.1 Å². The predicted molar refractivity (Wildman–Crippen MR) is 56.5 cm³/mol. The van der Waals surface area contributed by atoms with Gasteiger partial charge >= 0.3 is 0 Å². The molecule has 2 N–H and O–H groups in total. The van der Waals surface area contributed by atoms with Crippen molar-refractivity contribution in [3.63, 3.8) is 0 Å². The second-order valence-corrected chi connectivity index (χ2v) is 3.81. The van der Waals surface area contributed by atoms with Crippen molar-refractivity contribution in [2.45, 2.75) is 37.1 Å². The first-order chi connectivity index (χ1) is 6.76. The molecule has 4 nitrogen and oxygen atoms in total. The predicted octanol–water partition coefficient (Wildman–Crippen LogP) is -0.0138. The Labute approximate surface area is 86.3 Å². The first kappa shape index (κ1) is 11.9. The Bertz CT molecular complexity index is 132. The van der Waals surface area contributed by atoms with Crippen molar-refractivity contribution >= 4 is 0 Å². The number of likely N-dealkylation sites (N-methyl/N-ethyl adjacent to an activating group) is 2. The number of hydrogen-bond donors (Lipinski definition) is 2. The molecule has 0 bridgehead atoms. The van der Waals surface area contributed by atoms with Gasteiger partial charge in [0, 0.05) is 26.3 Å². The van der Waals surface area contributed by atoms with Gasteiger partial charge in [0.1, 0.15) is 0 Å². The van der Waals surface area contributed by atoms with Crippen LogP contribution in [0.2, 0.25) is 0 Å². The zero-order chi connectivity index (χ0) is 10.6. The minimum absolute atomic E-state index is 0.210. The van der Waals surface area contributed by atoms with Crippen molar-refractivity contribution < 1.29 is 9.47 Å². The topological polar surface area (TPSA) is 42.5 Å². The van der Waals surface area contributed by atoms with E-state index in [1.54, 1.807) is 14.2 Å². The molecule has 0 radical (unpaired) electrons. The number of methoxy groups -OCH3 is 2. The highest BCUT2D eigenvalue weighted by Crippen LogP contribution is 2.23. The molecule has 0 aromatic rings. The highest BCUT2D eigenvalue weighted by molar-refractivity contribution is 4.93. The molecule has 0 aromatic heterocycles. The second-order valence-electron chi connectivity index (χ2n) is 3.81. The van der Waals surface area contributed by atoms with Crippen molar-refractivity contribution in [3.05, 3.63) is 0 Å². The third-order valence-corrected chi connectivity index (χ3v) is 3.22. The van der Waals surface area contributed by atoms with Crippen LogP contribution in [0, 0.1) is 0 Å².